The fourth-order valence-electron chi connectivity index (χ4n) is 2.41. The van der Waals surface area contributed by atoms with Crippen molar-refractivity contribution in [1.29, 1.82) is 0 Å². The highest BCUT2D eigenvalue weighted by Gasteiger charge is 2.27. The van der Waals surface area contributed by atoms with Crippen LogP contribution in [0.2, 0.25) is 0 Å². The third-order valence-corrected chi connectivity index (χ3v) is 5.51. The molecule has 0 spiro atoms. The SMILES string of the molecule is CC(C)c1cccc(NC(N)=NCC2CCS(=O)(=O)C2)c1.I. The highest BCUT2D eigenvalue weighted by atomic mass is 127. The maximum Gasteiger partial charge on any atom is 0.193 e. The van der Waals surface area contributed by atoms with Crippen molar-refractivity contribution >= 4 is 45.5 Å². The summed E-state index contributed by atoms with van der Waals surface area (Å²) >= 11 is 0. The lowest BCUT2D eigenvalue weighted by Crippen LogP contribution is -2.24. The van der Waals surface area contributed by atoms with Gasteiger partial charge in [0.2, 0.25) is 0 Å². The number of nitrogens with two attached hydrogens (primary N) is 1. The van der Waals surface area contributed by atoms with Crippen molar-refractivity contribution < 1.29 is 8.42 Å². The molecule has 1 aliphatic rings. The van der Waals surface area contributed by atoms with Crippen molar-refractivity contribution in [3.05, 3.63) is 29.8 Å². The second-order valence-electron chi connectivity index (χ2n) is 5.90. The number of nitrogens with zero attached hydrogens (tertiary/aromatic N) is 1. The number of hydrogen-bond donors (Lipinski definition) is 2. The van der Waals surface area contributed by atoms with Crippen LogP contribution in [0.4, 0.5) is 5.69 Å². The number of hydrogen-bond acceptors (Lipinski definition) is 3. The maximum absolute atomic E-state index is 11.4. The van der Waals surface area contributed by atoms with Crippen LogP contribution in [0.25, 0.3) is 0 Å². The van der Waals surface area contributed by atoms with Crippen LogP contribution in [-0.2, 0) is 9.84 Å². The Balaban J connectivity index is 0.00000242. The lowest BCUT2D eigenvalue weighted by Gasteiger charge is -2.10. The molecule has 7 heteroatoms. The van der Waals surface area contributed by atoms with Gasteiger partial charge in [-0.1, -0.05) is 26.0 Å². The minimum absolute atomic E-state index is 0. The van der Waals surface area contributed by atoms with E-state index in [0.29, 0.717) is 24.8 Å². The summed E-state index contributed by atoms with van der Waals surface area (Å²) in [4.78, 5) is 4.26. The molecule has 1 aromatic carbocycles. The van der Waals surface area contributed by atoms with E-state index in [2.05, 4.69) is 30.2 Å². The Morgan fingerprint density at radius 1 is 1.45 bits per heavy atom. The second-order valence-corrected chi connectivity index (χ2v) is 8.13. The van der Waals surface area contributed by atoms with Gasteiger partial charge in [0.1, 0.15) is 0 Å². The van der Waals surface area contributed by atoms with Crippen molar-refractivity contribution in [2.45, 2.75) is 26.2 Å². The van der Waals surface area contributed by atoms with Gasteiger partial charge in [-0.25, -0.2) is 8.42 Å². The molecule has 1 aliphatic heterocycles. The Labute approximate surface area is 149 Å². The number of benzene rings is 1. The van der Waals surface area contributed by atoms with Crippen molar-refractivity contribution in [2.75, 3.05) is 23.4 Å². The molecule has 0 radical (unpaired) electrons. The molecule has 0 amide bonds. The standard InChI is InChI=1S/C15H23N3O2S.HI/c1-11(2)13-4-3-5-14(8-13)18-15(16)17-9-12-6-7-21(19,20)10-12;/h3-5,8,11-12H,6-7,9-10H2,1-2H3,(H3,16,17,18);1H. The number of aliphatic imine (C=N–C) groups is 1. The summed E-state index contributed by atoms with van der Waals surface area (Å²) in [5, 5.41) is 3.06. The highest BCUT2D eigenvalue weighted by molar-refractivity contribution is 14.0. The third-order valence-electron chi connectivity index (χ3n) is 3.67. The van der Waals surface area contributed by atoms with Crippen molar-refractivity contribution in [3.8, 4) is 0 Å². The van der Waals surface area contributed by atoms with E-state index >= 15 is 0 Å². The van der Waals surface area contributed by atoms with Gasteiger partial charge in [-0.3, -0.25) is 4.99 Å². The maximum atomic E-state index is 11.4. The first kappa shape index (κ1) is 19.2. The molecule has 0 aromatic heterocycles. The molecule has 1 aromatic rings. The Morgan fingerprint density at radius 2 is 2.18 bits per heavy atom. The molecular weight excluding hydrogens is 413 g/mol. The van der Waals surface area contributed by atoms with Gasteiger partial charge in [-0.2, -0.15) is 0 Å². The lowest BCUT2D eigenvalue weighted by atomic mass is 10.0. The van der Waals surface area contributed by atoms with Gasteiger partial charge < -0.3 is 11.1 Å². The fourth-order valence-corrected chi connectivity index (χ4v) is 4.26. The van der Waals surface area contributed by atoms with E-state index in [9.17, 15) is 8.42 Å². The number of rotatable bonds is 4. The first-order valence-electron chi connectivity index (χ1n) is 7.23. The molecule has 1 atom stereocenters. The number of nitrogens with one attached hydrogen (secondary N) is 1. The quantitative estimate of drug-likeness (QED) is 0.431. The molecule has 0 aliphatic carbocycles. The Morgan fingerprint density at radius 3 is 2.77 bits per heavy atom. The molecule has 5 nitrogen and oxygen atoms in total. The monoisotopic (exact) mass is 437 g/mol. The smallest absolute Gasteiger partial charge is 0.193 e. The molecule has 0 bridgehead atoms. The summed E-state index contributed by atoms with van der Waals surface area (Å²) in [6.07, 6.45) is 0.682. The second kappa shape index (κ2) is 8.14. The van der Waals surface area contributed by atoms with Gasteiger partial charge in [0.25, 0.3) is 0 Å². The Hall–Kier alpha value is -0.830. The average Bonchev–Trinajstić information content (AvgIpc) is 2.76. The average molecular weight is 437 g/mol. The summed E-state index contributed by atoms with van der Waals surface area (Å²) in [6.45, 7) is 4.73. The van der Waals surface area contributed by atoms with Gasteiger partial charge in [-0.15, -0.1) is 24.0 Å². The molecule has 0 saturated carbocycles. The van der Waals surface area contributed by atoms with Crippen LogP contribution in [0.5, 0.6) is 0 Å². The van der Waals surface area contributed by atoms with Gasteiger partial charge in [0.05, 0.1) is 11.5 Å². The predicted molar refractivity (Wildman–Crippen MR) is 103 cm³/mol. The molecular formula is C15H24IN3O2S. The summed E-state index contributed by atoms with van der Waals surface area (Å²) < 4.78 is 22.8. The van der Waals surface area contributed by atoms with E-state index in [4.69, 9.17) is 5.73 Å². The Kier molecular flexibility index (Phi) is 7.11. The van der Waals surface area contributed by atoms with Crippen LogP contribution in [0.3, 0.4) is 0 Å². The first-order chi connectivity index (χ1) is 9.85. The van der Waals surface area contributed by atoms with Gasteiger partial charge in [-0.05, 0) is 36.0 Å². The van der Waals surface area contributed by atoms with Gasteiger partial charge in [0, 0.05) is 12.2 Å². The van der Waals surface area contributed by atoms with E-state index in [1.54, 1.807) is 0 Å². The van der Waals surface area contributed by atoms with Crippen LogP contribution >= 0.6 is 24.0 Å². The Bertz CT molecular complexity index is 629. The van der Waals surface area contributed by atoms with E-state index in [1.807, 2.05) is 18.2 Å². The molecule has 22 heavy (non-hydrogen) atoms. The van der Waals surface area contributed by atoms with Crippen molar-refractivity contribution in [1.82, 2.24) is 0 Å². The van der Waals surface area contributed by atoms with E-state index in [0.717, 1.165) is 5.69 Å². The summed E-state index contributed by atoms with van der Waals surface area (Å²) in [5.74, 6) is 1.38. The lowest BCUT2D eigenvalue weighted by molar-refractivity contribution is 0.591. The van der Waals surface area contributed by atoms with Crippen molar-refractivity contribution in [2.24, 2.45) is 16.6 Å². The van der Waals surface area contributed by atoms with Gasteiger partial charge >= 0.3 is 0 Å². The molecule has 124 valence electrons. The summed E-state index contributed by atoms with van der Waals surface area (Å²) in [5.41, 5.74) is 8.00. The van der Waals surface area contributed by atoms with Gasteiger partial charge in [0.15, 0.2) is 15.8 Å². The summed E-state index contributed by atoms with van der Waals surface area (Å²) in [7, 11) is -2.85. The minimum Gasteiger partial charge on any atom is -0.370 e. The van der Waals surface area contributed by atoms with Crippen molar-refractivity contribution in [3.63, 3.8) is 0 Å². The van der Waals surface area contributed by atoms with E-state index < -0.39 is 9.84 Å². The first-order valence-corrected chi connectivity index (χ1v) is 9.05. The number of guanidine groups is 1. The molecule has 1 unspecified atom stereocenters. The molecule has 1 saturated heterocycles. The number of anilines is 1. The van der Waals surface area contributed by atoms with Crippen LogP contribution in [0, 0.1) is 5.92 Å². The zero-order valence-corrected chi connectivity index (χ0v) is 16.1. The summed E-state index contributed by atoms with van der Waals surface area (Å²) in [6, 6.07) is 8.04. The largest absolute Gasteiger partial charge is 0.370 e. The predicted octanol–water partition coefficient (Wildman–Crippen LogP) is 2.59. The van der Waals surface area contributed by atoms with E-state index in [1.165, 1.54) is 5.56 Å². The van der Waals surface area contributed by atoms with Crippen LogP contribution in [0.1, 0.15) is 31.7 Å². The minimum atomic E-state index is -2.85. The van der Waals surface area contributed by atoms with E-state index in [-0.39, 0.29) is 41.4 Å². The third kappa shape index (κ3) is 5.75. The van der Waals surface area contributed by atoms with Crippen LogP contribution in [-0.4, -0.2) is 32.4 Å². The zero-order chi connectivity index (χ0) is 15.5. The number of sulfone groups is 1. The molecule has 2 rings (SSSR count). The highest BCUT2D eigenvalue weighted by Crippen LogP contribution is 2.19. The molecule has 3 N–H and O–H groups in total. The zero-order valence-electron chi connectivity index (χ0n) is 13.0. The molecule has 1 heterocycles. The normalized spacial score (nSPS) is 20.7. The number of halogens is 1. The fraction of sp³-hybridized carbons (Fsp3) is 0.533. The van der Waals surface area contributed by atoms with Crippen LogP contribution < -0.4 is 11.1 Å². The molecule has 1 fully saturated rings. The van der Waals surface area contributed by atoms with Crippen LogP contribution in [0.15, 0.2) is 29.3 Å². The topological polar surface area (TPSA) is 84.5 Å².